The van der Waals surface area contributed by atoms with Gasteiger partial charge in [-0.15, -0.1) is 0 Å². The molecule has 0 aromatic carbocycles. The molecule has 1 unspecified atom stereocenters. The molecule has 3 heterocycles. The molecule has 0 amide bonds. The number of ether oxygens (including phenoxy) is 1. The summed E-state index contributed by atoms with van der Waals surface area (Å²) in [6.45, 7) is 1.70. The van der Waals surface area contributed by atoms with Gasteiger partial charge in [0, 0.05) is 31.2 Å². The minimum absolute atomic E-state index is 0.0830. The summed E-state index contributed by atoms with van der Waals surface area (Å²) in [7, 11) is 0. The van der Waals surface area contributed by atoms with Crippen molar-refractivity contribution in [2.45, 2.75) is 18.9 Å². The lowest BCUT2D eigenvalue weighted by atomic mass is 10.1. The largest absolute Gasteiger partial charge is 0.472 e. The van der Waals surface area contributed by atoms with Crippen LogP contribution in [0.25, 0.3) is 0 Å². The maximum Gasteiger partial charge on any atom is 0.225 e. The van der Waals surface area contributed by atoms with Crippen molar-refractivity contribution in [2.75, 3.05) is 18.0 Å². The molecule has 0 aliphatic carbocycles. The maximum absolute atomic E-state index is 5.91. The third-order valence-corrected chi connectivity index (χ3v) is 3.89. The second kappa shape index (κ2) is 6.58. The quantitative estimate of drug-likeness (QED) is 0.830. The van der Waals surface area contributed by atoms with Gasteiger partial charge in [0.2, 0.25) is 11.8 Å². The van der Waals surface area contributed by atoms with Crippen LogP contribution in [0, 0.1) is 0 Å². The standard InChI is InChI=1S/C14H14BrClN4O/c15-10-6-18-14(19-7-10)20-5-1-2-12(9-20)21-13-4-3-11(16)8-17-13/h3-4,6-8,12H,1-2,5,9H2. The molecule has 1 fully saturated rings. The molecule has 5 nitrogen and oxygen atoms in total. The van der Waals surface area contributed by atoms with Crippen molar-refractivity contribution in [1.29, 1.82) is 0 Å². The first-order chi connectivity index (χ1) is 10.2. The van der Waals surface area contributed by atoms with Crippen LogP contribution in [-0.4, -0.2) is 34.1 Å². The van der Waals surface area contributed by atoms with Gasteiger partial charge in [-0.05, 0) is 34.8 Å². The highest BCUT2D eigenvalue weighted by molar-refractivity contribution is 9.10. The Morgan fingerprint density at radius 2 is 2.00 bits per heavy atom. The van der Waals surface area contributed by atoms with Crippen LogP contribution in [0.15, 0.2) is 35.2 Å². The van der Waals surface area contributed by atoms with E-state index in [1.165, 1.54) is 0 Å². The summed E-state index contributed by atoms with van der Waals surface area (Å²) < 4.78 is 6.79. The smallest absolute Gasteiger partial charge is 0.225 e. The molecule has 2 aromatic rings. The van der Waals surface area contributed by atoms with Crippen molar-refractivity contribution >= 4 is 33.5 Å². The summed E-state index contributed by atoms with van der Waals surface area (Å²) in [5, 5.41) is 0.607. The number of rotatable bonds is 3. The van der Waals surface area contributed by atoms with Crippen LogP contribution in [0.2, 0.25) is 5.02 Å². The van der Waals surface area contributed by atoms with Gasteiger partial charge in [0.25, 0.3) is 0 Å². The monoisotopic (exact) mass is 368 g/mol. The highest BCUT2D eigenvalue weighted by atomic mass is 79.9. The van der Waals surface area contributed by atoms with Crippen LogP contribution in [0.5, 0.6) is 5.88 Å². The Bertz CT molecular complexity index is 593. The second-order valence-electron chi connectivity index (χ2n) is 4.84. The fourth-order valence-electron chi connectivity index (χ4n) is 2.29. The van der Waals surface area contributed by atoms with E-state index >= 15 is 0 Å². The molecule has 0 saturated carbocycles. The van der Waals surface area contributed by atoms with Crippen molar-refractivity contribution in [1.82, 2.24) is 15.0 Å². The normalized spacial score (nSPS) is 18.6. The number of pyridine rings is 1. The number of hydrogen-bond donors (Lipinski definition) is 0. The Kier molecular flexibility index (Phi) is 4.55. The average Bonchev–Trinajstić information content (AvgIpc) is 2.51. The molecular formula is C14H14BrClN4O. The molecule has 1 saturated heterocycles. The molecular weight excluding hydrogens is 356 g/mol. The summed E-state index contributed by atoms with van der Waals surface area (Å²) in [6.07, 6.45) is 7.23. The van der Waals surface area contributed by atoms with Gasteiger partial charge in [0.05, 0.1) is 16.0 Å². The molecule has 3 rings (SSSR count). The van der Waals surface area contributed by atoms with Crippen LogP contribution >= 0.6 is 27.5 Å². The van der Waals surface area contributed by atoms with Gasteiger partial charge < -0.3 is 9.64 Å². The van der Waals surface area contributed by atoms with Crippen LogP contribution < -0.4 is 9.64 Å². The summed E-state index contributed by atoms with van der Waals surface area (Å²) in [6, 6.07) is 3.57. The van der Waals surface area contributed by atoms with Gasteiger partial charge in [0.15, 0.2) is 0 Å². The molecule has 0 radical (unpaired) electrons. The lowest BCUT2D eigenvalue weighted by Crippen LogP contribution is -2.42. The average molecular weight is 370 g/mol. The minimum atomic E-state index is 0.0830. The van der Waals surface area contributed by atoms with E-state index in [1.54, 1.807) is 30.7 Å². The van der Waals surface area contributed by atoms with E-state index < -0.39 is 0 Å². The maximum atomic E-state index is 5.91. The fourth-order valence-corrected chi connectivity index (χ4v) is 2.60. The number of anilines is 1. The predicted molar refractivity (Wildman–Crippen MR) is 84.8 cm³/mol. The molecule has 1 aliphatic rings. The summed E-state index contributed by atoms with van der Waals surface area (Å²) in [5.74, 6) is 1.33. The van der Waals surface area contributed by atoms with E-state index in [4.69, 9.17) is 16.3 Å². The van der Waals surface area contributed by atoms with Crippen molar-refractivity contribution < 1.29 is 4.74 Å². The third-order valence-electron chi connectivity index (χ3n) is 3.26. The minimum Gasteiger partial charge on any atom is -0.472 e. The molecule has 7 heteroatoms. The molecule has 21 heavy (non-hydrogen) atoms. The Balaban J connectivity index is 1.65. The third kappa shape index (κ3) is 3.83. The van der Waals surface area contributed by atoms with Gasteiger partial charge in [-0.2, -0.15) is 0 Å². The Morgan fingerprint density at radius 1 is 1.19 bits per heavy atom. The molecule has 0 spiro atoms. The van der Waals surface area contributed by atoms with E-state index in [-0.39, 0.29) is 6.10 Å². The second-order valence-corrected chi connectivity index (χ2v) is 6.20. The zero-order valence-corrected chi connectivity index (χ0v) is 13.6. The van der Waals surface area contributed by atoms with E-state index in [0.29, 0.717) is 10.9 Å². The Labute approximate surface area is 136 Å². The molecule has 0 bridgehead atoms. The SMILES string of the molecule is Clc1ccc(OC2CCCN(c3ncc(Br)cn3)C2)nc1. The van der Waals surface area contributed by atoms with Crippen molar-refractivity contribution in [3.8, 4) is 5.88 Å². The summed E-state index contributed by atoms with van der Waals surface area (Å²) in [4.78, 5) is 15.0. The molecule has 1 aliphatic heterocycles. The number of piperidine rings is 1. The van der Waals surface area contributed by atoms with E-state index in [2.05, 4.69) is 35.8 Å². The number of aromatic nitrogens is 3. The number of nitrogens with zero attached hydrogens (tertiary/aromatic N) is 4. The highest BCUT2D eigenvalue weighted by Crippen LogP contribution is 2.21. The van der Waals surface area contributed by atoms with Crippen molar-refractivity contribution in [2.24, 2.45) is 0 Å². The van der Waals surface area contributed by atoms with Crippen molar-refractivity contribution in [3.05, 3.63) is 40.2 Å². The van der Waals surface area contributed by atoms with Crippen LogP contribution in [-0.2, 0) is 0 Å². The van der Waals surface area contributed by atoms with Crippen LogP contribution in [0.4, 0.5) is 5.95 Å². The summed E-state index contributed by atoms with van der Waals surface area (Å²) in [5.41, 5.74) is 0. The zero-order chi connectivity index (χ0) is 14.7. The number of halogens is 2. The molecule has 2 aromatic heterocycles. The van der Waals surface area contributed by atoms with Gasteiger partial charge in [-0.3, -0.25) is 0 Å². The first-order valence-corrected chi connectivity index (χ1v) is 7.88. The first-order valence-electron chi connectivity index (χ1n) is 6.71. The Hall–Kier alpha value is -1.40. The van der Waals surface area contributed by atoms with Crippen LogP contribution in [0.3, 0.4) is 0 Å². The lowest BCUT2D eigenvalue weighted by Gasteiger charge is -2.32. The van der Waals surface area contributed by atoms with Crippen molar-refractivity contribution in [3.63, 3.8) is 0 Å². The molecule has 1 atom stereocenters. The van der Waals surface area contributed by atoms with E-state index in [1.807, 2.05) is 0 Å². The van der Waals surface area contributed by atoms with E-state index in [0.717, 1.165) is 36.4 Å². The van der Waals surface area contributed by atoms with Gasteiger partial charge in [0.1, 0.15) is 6.10 Å². The zero-order valence-electron chi connectivity index (χ0n) is 11.2. The van der Waals surface area contributed by atoms with E-state index in [9.17, 15) is 0 Å². The Morgan fingerprint density at radius 3 is 2.71 bits per heavy atom. The van der Waals surface area contributed by atoms with Gasteiger partial charge >= 0.3 is 0 Å². The molecule has 0 N–H and O–H groups in total. The lowest BCUT2D eigenvalue weighted by molar-refractivity contribution is 0.171. The van der Waals surface area contributed by atoms with Crippen LogP contribution in [0.1, 0.15) is 12.8 Å². The topological polar surface area (TPSA) is 51.1 Å². The van der Waals surface area contributed by atoms with Gasteiger partial charge in [-0.1, -0.05) is 11.6 Å². The molecule has 110 valence electrons. The van der Waals surface area contributed by atoms with Gasteiger partial charge in [-0.25, -0.2) is 15.0 Å². The predicted octanol–water partition coefficient (Wildman–Crippen LogP) is 3.34. The first kappa shape index (κ1) is 14.5. The fraction of sp³-hybridized carbons (Fsp3) is 0.357. The number of hydrogen-bond acceptors (Lipinski definition) is 5. The highest BCUT2D eigenvalue weighted by Gasteiger charge is 2.23. The summed E-state index contributed by atoms with van der Waals surface area (Å²) >= 11 is 9.17.